The Balaban J connectivity index is 2.21. The van der Waals surface area contributed by atoms with Crippen LogP contribution in [0.15, 0.2) is 53.8 Å². The summed E-state index contributed by atoms with van der Waals surface area (Å²) in [5.41, 5.74) is 3.62. The maximum atomic E-state index is 13.2. The summed E-state index contributed by atoms with van der Waals surface area (Å²) in [6.07, 6.45) is 13.8. The van der Waals surface area contributed by atoms with Crippen LogP contribution >= 0.6 is 0 Å². The molecule has 1 saturated carbocycles. The summed E-state index contributed by atoms with van der Waals surface area (Å²) in [6.45, 7) is 11.5. The summed E-state index contributed by atoms with van der Waals surface area (Å²) < 4.78 is 18.3. The lowest BCUT2D eigenvalue weighted by atomic mass is 9.82. The molecule has 7 heteroatoms. The van der Waals surface area contributed by atoms with Crippen LogP contribution in [-0.2, 0) is 36.8 Å². The summed E-state index contributed by atoms with van der Waals surface area (Å²) in [5, 5.41) is 1.09. The number of allylic oxidation sites excluding steroid dienone is 5. The first-order valence-electron chi connectivity index (χ1n) is 15.1. The second-order valence-electron chi connectivity index (χ2n) is 11.7. The Hall–Kier alpha value is -3.61. The minimum atomic E-state index is -0.624. The van der Waals surface area contributed by atoms with E-state index in [9.17, 15) is 14.4 Å². The van der Waals surface area contributed by atoms with Gasteiger partial charge in [0, 0.05) is 28.6 Å². The SMILES string of the molecule is C/C=C(\C=C/Cc1c(C2CCCCC2)c2ccc(C(=O)OC(C)(C)C)cc2n1C/C(=C\C)C(=O)CC(=O)OCC)OC. The molecule has 1 aromatic heterocycles. The Morgan fingerprint density at radius 2 is 1.76 bits per heavy atom. The molecule has 1 aliphatic carbocycles. The molecule has 1 aromatic carbocycles. The topological polar surface area (TPSA) is 83.8 Å². The molecular formula is C35H47NO6. The molecule has 1 fully saturated rings. The monoisotopic (exact) mass is 577 g/mol. The van der Waals surface area contributed by atoms with Gasteiger partial charge in [0.2, 0.25) is 0 Å². The van der Waals surface area contributed by atoms with Crippen molar-refractivity contribution in [2.75, 3.05) is 13.7 Å². The van der Waals surface area contributed by atoms with Crippen molar-refractivity contribution in [1.82, 2.24) is 4.57 Å². The summed E-state index contributed by atoms with van der Waals surface area (Å²) in [7, 11) is 1.65. The third kappa shape index (κ3) is 8.46. The van der Waals surface area contributed by atoms with Crippen LogP contribution in [0.3, 0.4) is 0 Å². The van der Waals surface area contributed by atoms with Gasteiger partial charge in [0.15, 0.2) is 5.78 Å². The fourth-order valence-electron chi connectivity index (χ4n) is 5.68. The zero-order valence-electron chi connectivity index (χ0n) is 26.4. The van der Waals surface area contributed by atoms with Crippen LogP contribution in [0.2, 0.25) is 0 Å². The molecule has 2 aromatic rings. The smallest absolute Gasteiger partial charge is 0.338 e. The molecular weight excluding hydrogens is 530 g/mol. The van der Waals surface area contributed by atoms with Crippen LogP contribution in [0.5, 0.6) is 0 Å². The van der Waals surface area contributed by atoms with Gasteiger partial charge in [0.1, 0.15) is 17.8 Å². The fraction of sp³-hybridized carbons (Fsp3) is 0.514. The number of benzene rings is 1. The minimum Gasteiger partial charge on any atom is -0.497 e. The number of carbonyl (C=O) groups is 3. The molecule has 0 N–H and O–H groups in total. The van der Waals surface area contributed by atoms with Gasteiger partial charge in [-0.2, -0.15) is 0 Å². The summed E-state index contributed by atoms with van der Waals surface area (Å²) in [4.78, 5) is 38.5. The van der Waals surface area contributed by atoms with Gasteiger partial charge in [-0.3, -0.25) is 9.59 Å². The van der Waals surface area contributed by atoms with Crippen LogP contribution in [-0.4, -0.2) is 41.6 Å². The molecule has 0 atom stereocenters. The zero-order chi connectivity index (χ0) is 30.9. The Labute approximate surface area is 250 Å². The van der Waals surface area contributed by atoms with Crippen molar-refractivity contribution in [3.63, 3.8) is 0 Å². The third-order valence-corrected chi connectivity index (χ3v) is 7.62. The lowest BCUT2D eigenvalue weighted by Crippen LogP contribution is -2.23. The van der Waals surface area contributed by atoms with E-state index < -0.39 is 11.6 Å². The van der Waals surface area contributed by atoms with Gasteiger partial charge >= 0.3 is 11.9 Å². The van der Waals surface area contributed by atoms with E-state index in [1.165, 1.54) is 24.8 Å². The van der Waals surface area contributed by atoms with Crippen LogP contribution in [0.25, 0.3) is 10.9 Å². The van der Waals surface area contributed by atoms with Crippen molar-refractivity contribution >= 4 is 28.6 Å². The minimum absolute atomic E-state index is 0.226. The van der Waals surface area contributed by atoms with E-state index in [1.54, 1.807) is 20.1 Å². The highest BCUT2D eigenvalue weighted by Gasteiger charge is 2.28. The van der Waals surface area contributed by atoms with Crippen LogP contribution in [0, 0.1) is 0 Å². The zero-order valence-corrected chi connectivity index (χ0v) is 26.4. The number of aromatic nitrogens is 1. The number of ketones is 1. The molecule has 0 radical (unpaired) electrons. The first-order valence-corrected chi connectivity index (χ1v) is 15.1. The molecule has 7 nitrogen and oxygen atoms in total. The maximum absolute atomic E-state index is 13.2. The molecule has 1 heterocycles. The van der Waals surface area contributed by atoms with Crippen molar-refractivity contribution in [3.8, 4) is 0 Å². The molecule has 1 aliphatic rings. The Bertz CT molecular complexity index is 1360. The largest absolute Gasteiger partial charge is 0.497 e. The van der Waals surface area contributed by atoms with Gasteiger partial charge < -0.3 is 18.8 Å². The van der Waals surface area contributed by atoms with Gasteiger partial charge in [-0.1, -0.05) is 37.5 Å². The number of rotatable bonds is 12. The highest BCUT2D eigenvalue weighted by molar-refractivity contribution is 6.05. The molecule has 42 heavy (non-hydrogen) atoms. The maximum Gasteiger partial charge on any atom is 0.338 e. The van der Waals surface area contributed by atoms with Crippen LogP contribution in [0.4, 0.5) is 0 Å². The van der Waals surface area contributed by atoms with E-state index in [-0.39, 0.29) is 31.3 Å². The molecule has 0 spiro atoms. The Morgan fingerprint density at radius 1 is 1.05 bits per heavy atom. The number of ether oxygens (including phenoxy) is 3. The normalized spacial score (nSPS) is 15.3. The predicted octanol–water partition coefficient (Wildman–Crippen LogP) is 7.76. The number of hydrogen-bond donors (Lipinski definition) is 0. The number of fused-ring (bicyclic) bond motifs is 1. The Morgan fingerprint density at radius 3 is 2.36 bits per heavy atom. The van der Waals surface area contributed by atoms with Crippen molar-refractivity contribution < 1.29 is 28.6 Å². The average molecular weight is 578 g/mol. The van der Waals surface area contributed by atoms with Gasteiger partial charge in [-0.05, 0) is 90.2 Å². The van der Waals surface area contributed by atoms with Crippen molar-refractivity contribution in [2.24, 2.45) is 0 Å². The van der Waals surface area contributed by atoms with Gasteiger partial charge in [-0.15, -0.1) is 0 Å². The molecule has 0 saturated heterocycles. The lowest BCUT2D eigenvalue weighted by Gasteiger charge is -2.23. The number of hydrogen-bond acceptors (Lipinski definition) is 6. The molecule has 0 bridgehead atoms. The summed E-state index contributed by atoms with van der Waals surface area (Å²) in [6, 6.07) is 5.77. The highest BCUT2D eigenvalue weighted by Crippen LogP contribution is 2.41. The van der Waals surface area contributed by atoms with E-state index in [0.717, 1.165) is 35.2 Å². The molecule has 228 valence electrons. The fourth-order valence-corrected chi connectivity index (χ4v) is 5.68. The van der Waals surface area contributed by atoms with Crippen molar-refractivity contribution in [2.45, 2.75) is 105 Å². The van der Waals surface area contributed by atoms with Crippen molar-refractivity contribution in [1.29, 1.82) is 0 Å². The second kappa shape index (κ2) is 15.0. The molecule has 3 rings (SSSR count). The van der Waals surface area contributed by atoms with E-state index >= 15 is 0 Å². The van der Waals surface area contributed by atoms with Crippen LogP contribution < -0.4 is 0 Å². The highest BCUT2D eigenvalue weighted by atomic mass is 16.6. The van der Waals surface area contributed by atoms with Crippen molar-refractivity contribution in [3.05, 3.63) is 70.7 Å². The quantitative estimate of drug-likeness (QED) is 0.0843. The third-order valence-electron chi connectivity index (χ3n) is 7.62. The lowest BCUT2D eigenvalue weighted by molar-refractivity contribution is -0.145. The number of nitrogens with zero attached hydrogens (tertiary/aromatic N) is 1. The van der Waals surface area contributed by atoms with Gasteiger partial charge in [0.25, 0.3) is 0 Å². The number of carbonyl (C=O) groups excluding carboxylic acids is 3. The summed E-state index contributed by atoms with van der Waals surface area (Å²) in [5.74, 6) is -0.0392. The predicted molar refractivity (Wildman–Crippen MR) is 167 cm³/mol. The Kier molecular flexibility index (Phi) is 11.8. The molecule has 0 aliphatic heterocycles. The number of Topliss-reactive ketones (excluding diaryl/α,β-unsaturated/α-hetero) is 1. The number of methoxy groups -OCH3 is 1. The first-order chi connectivity index (χ1) is 20.0. The molecule has 0 amide bonds. The van der Waals surface area contributed by atoms with E-state index in [0.29, 0.717) is 23.5 Å². The standard InChI is InChI=1S/C35H47NO6/c1-8-24(31(37)22-32(38)41-10-3)23-36-29(18-14-17-27(9-2)40-7)33(25-15-12-11-13-16-25)28-20-19-26(21-30(28)36)34(39)42-35(4,5)6/h8-9,14,17,19-21,25H,10-13,15-16,18,22-23H2,1-7H3/b17-14-,24-8+,27-9+. The summed E-state index contributed by atoms with van der Waals surface area (Å²) >= 11 is 0. The van der Waals surface area contributed by atoms with Gasteiger partial charge in [-0.25, -0.2) is 4.79 Å². The van der Waals surface area contributed by atoms with Crippen LogP contribution in [0.1, 0.15) is 108 Å². The first kappa shape index (κ1) is 32.9. The second-order valence-corrected chi connectivity index (χ2v) is 11.7. The molecule has 0 unspecified atom stereocenters. The van der Waals surface area contributed by atoms with Gasteiger partial charge in [0.05, 0.1) is 25.8 Å². The van der Waals surface area contributed by atoms with E-state index in [1.807, 2.05) is 65.0 Å². The number of esters is 2. The average Bonchev–Trinajstić information content (AvgIpc) is 3.25. The van der Waals surface area contributed by atoms with E-state index in [2.05, 4.69) is 10.6 Å². The van der Waals surface area contributed by atoms with E-state index in [4.69, 9.17) is 14.2 Å².